The van der Waals surface area contributed by atoms with Crippen LogP contribution in [0, 0.1) is 0 Å². The molecule has 0 amide bonds. The molecular weight excluding hydrogens is 190 g/mol. The Balaban J connectivity index is 2.77. The van der Waals surface area contributed by atoms with E-state index in [1.807, 2.05) is 31.2 Å². The van der Waals surface area contributed by atoms with Crippen molar-refractivity contribution in [2.24, 2.45) is 5.73 Å². The van der Waals surface area contributed by atoms with E-state index in [4.69, 9.17) is 5.73 Å². The van der Waals surface area contributed by atoms with Crippen LogP contribution in [-0.4, -0.2) is 19.1 Å². The van der Waals surface area contributed by atoms with Gasteiger partial charge in [-0.3, -0.25) is 0 Å². The van der Waals surface area contributed by atoms with Gasteiger partial charge < -0.3 is 10.5 Å². The summed E-state index contributed by atoms with van der Waals surface area (Å²) >= 11 is 0. The number of hydrogen-bond donors (Lipinski definition) is 1. The first kappa shape index (κ1) is 11.5. The molecule has 1 unspecified atom stereocenters. The molecule has 1 aromatic rings. The molecule has 0 radical (unpaired) electrons. The molecule has 0 saturated heterocycles. The first-order valence-electron chi connectivity index (χ1n) is 4.75. The molecule has 0 aliphatic rings. The SMILES string of the molecule is COC(=O)c1ccc(/C=C/C(C)N)cc1. The fourth-order valence-electron chi connectivity index (χ4n) is 1.11. The molecule has 3 nitrogen and oxygen atoms in total. The fourth-order valence-corrected chi connectivity index (χ4v) is 1.11. The van der Waals surface area contributed by atoms with Gasteiger partial charge in [-0.2, -0.15) is 0 Å². The van der Waals surface area contributed by atoms with E-state index in [1.165, 1.54) is 7.11 Å². The zero-order chi connectivity index (χ0) is 11.3. The van der Waals surface area contributed by atoms with Crippen LogP contribution in [0.3, 0.4) is 0 Å². The summed E-state index contributed by atoms with van der Waals surface area (Å²) in [6.45, 7) is 1.90. The predicted octanol–water partition coefficient (Wildman–Crippen LogP) is 1.83. The van der Waals surface area contributed by atoms with Gasteiger partial charge in [0.15, 0.2) is 0 Å². The van der Waals surface area contributed by atoms with Crippen LogP contribution in [0.25, 0.3) is 6.08 Å². The van der Waals surface area contributed by atoms with E-state index in [0.29, 0.717) is 5.56 Å². The number of hydrogen-bond acceptors (Lipinski definition) is 3. The fraction of sp³-hybridized carbons (Fsp3) is 0.250. The van der Waals surface area contributed by atoms with Crippen LogP contribution < -0.4 is 5.73 Å². The zero-order valence-electron chi connectivity index (χ0n) is 8.94. The average molecular weight is 205 g/mol. The van der Waals surface area contributed by atoms with Crippen molar-refractivity contribution < 1.29 is 9.53 Å². The first-order valence-corrected chi connectivity index (χ1v) is 4.75. The highest BCUT2D eigenvalue weighted by Gasteiger charge is 2.02. The lowest BCUT2D eigenvalue weighted by atomic mass is 10.1. The monoisotopic (exact) mass is 205 g/mol. The third kappa shape index (κ3) is 3.56. The standard InChI is InChI=1S/C12H15NO2/c1-9(13)3-4-10-5-7-11(8-6-10)12(14)15-2/h3-9H,13H2,1-2H3/b4-3+. The van der Waals surface area contributed by atoms with Gasteiger partial charge >= 0.3 is 5.97 Å². The average Bonchev–Trinajstić information content (AvgIpc) is 2.26. The summed E-state index contributed by atoms with van der Waals surface area (Å²) in [6.07, 6.45) is 3.82. The van der Waals surface area contributed by atoms with E-state index in [1.54, 1.807) is 12.1 Å². The minimum Gasteiger partial charge on any atom is -0.465 e. The molecule has 0 aliphatic carbocycles. The van der Waals surface area contributed by atoms with Crippen molar-refractivity contribution in [3.63, 3.8) is 0 Å². The lowest BCUT2D eigenvalue weighted by Gasteiger charge is -2.00. The van der Waals surface area contributed by atoms with Gasteiger partial charge in [-0.25, -0.2) is 4.79 Å². The van der Waals surface area contributed by atoms with Gasteiger partial charge in [0.2, 0.25) is 0 Å². The van der Waals surface area contributed by atoms with Crippen molar-refractivity contribution in [2.45, 2.75) is 13.0 Å². The second-order valence-electron chi connectivity index (χ2n) is 3.33. The molecule has 1 aromatic carbocycles. The van der Waals surface area contributed by atoms with Crippen molar-refractivity contribution in [1.82, 2.24) is 0 Å². The third-order valence-corrected chi connectivity index (χ3v) is 1.92. The molecule has 2 N–H and O–H groups in total. The smallest absolute Gasteiger partial charge is 0.337 e. The van der Waals surface area contributed by atoms with Crippen molar-refractivity contribution in [1.29, 1.82) is 0 Å². The van der Waals surface area contributed by atoms with Crippen LogP contribution >= 0.6 is 0 Å². The normalized spacial score (nSPS) is 12.7. The second kappa shape index (κ2) is 5.32. The van der Waals surface area contributed by atoms with Crippen molar-refractivity contribution >= 4 is 12.0 Å². The molecule has 0 bridgehead atoms. The molecular formula is C12H15NO2. The van der Waals surface area contributed by atoms with Crippen molar-refractivity contribution in [3.8, 4) is 0 Å². The highest BCUT2D eigenvalue weighted by molar-refractivity contribution is 5.89. The molecule has 3 heteroatoms. The van der Waals surface area contributed by atoms with Gasteiger partial charge in [-0.05, 0) is 24.6 Å². The van der Waals surface area contributed by atoms with Gasteiger partial charge in [0, 0.05) is 6.04 Å². The molecule has 0 fully saturated rings. The first-order chi connectivity index (χ1) is 7.13. The number of carbonyl (C=O) groups excluding carboxylic acids is 1. The number of benzene rings is 1. The lowest BCUT2D eigenvalue weighted by Crippen LogP contribution is -2.09. The minimum atomic E-state index is -0.322. The van der Waals surface area contributed by atoms with Crippen molar-refractivity contribution in [2.75, 3.05) is 7.11 Å². The van der Waals surface area contributed by atoms with Crippen LogP contribution in [0.5, 0.6) is 0 Å². The van der Waals surface area contributed by atoms with E-state index >= 15 is 0 Å². The Morgan fingerprint density at radius 3 is 2.47 bits per heavy atom. The van der Waals surface area contributed by atoms with Crippen molar-refractivity contribution in [3.05, 3.63) is 41.5 Å². The number of rotatable bonds is 3. The summed E-state index contributed by atoms with van der Waals surface area (Å²) in [5, 5.41) is 0. The van der Waals surface area contributed by atoms with Gasteiger partial charge in [0.25, 0.3) is 0 Å². The summed E-state index contributed by atoms with van der Waals surface area (Å²) < 4.78 is 4.60. The van der Waals surface area contributed by atoms with Gasteiger partial charge in [0.05, 0.1) is 12.7 Å². The number of methoxy groups -OCH3 is 1. The van der Waals surface area contributed by atoms with Crippen LogP contribution in [0.4, 0.5) is 0 Å². The van der Waals surface area contributed by atoms with Crippen LogP contribution in [0.1, 0.15) is 22.8 Å². The van der Waals surface area contributed by atoms with E-state index in [9.17, 15) is 4.79 Å². The van der Waals surface area contributed by atoms with E-state index < -0.39 is 0 Å². The highest BCUT2D eigenvalue weighted by Crippen LogP contribution is 2.07. The van der Waals surface area contributed by atoms with Crippen LogP contribution in [0.15, 0.2) is 30.3 Å². The summed E-state index contributed by atoms with van der Waals surface area (Å²) in [7, 11) is 1.37. The summed E-state index contributed by atoms with van der Waals surface area (Å²) in [5.74, 6) is -0.322. The minimum absolute atomic E-state index is 0.0327. The van der Waals surface area contributed by atoms with E-state index in [2.05, 4.69) is 4.74 Å². The Kier molecular flexibility index (Phi) is 4.06. The Bertz CT molecular complexity index is 352. The maximum absolute atomic E-state index is 11.1. The topological polar surface area (TPSA) is 52.3 Å². The molecule has 15 heavy (non-hydrogen) atoms. The number of ether oxygens (including phenoxy) is 1. The molecule has 0 saturated carbocycles. The molecule has 1 rings (SSSR count). The predicted molar refractivity (Wildman–Crippen MR) is 60.5 cm³/mol. The quantitative estimate of drug-likeness (QED) is 0.766. The third-order valence-electron chi connectivity index (χ3n) is 1.92. The largest absolute Gasteiger partial charge is 0.465 e. The number of carbonyl (C=O) groups is 1. The molecule has 0 spiro atoms. The molecule has 0 aliphatic heterocycles. The Labute approximate surface area is 89.5 Å². The summed E-state index contributed by atoms with van der Waals surface area (Å²) in [6, 6.07) is 7.20. The maximum Gasteiger partial charge on any atom is 0.337 e. The van der Waals surface area contributed by atoms with Crippen LogP contribution in [0.2, 0.25) is 0 Å². The summed E-state index contributed by atoms with van der Waals surface area (Å²) in [4.78, 5) is 11.1. The van der Waals surface area contributed by atoms with Gasteiger partial charge in [0.1, 0.15) is 0 Å². The van der Waals surface area contributed by atoms with Gasteiger partial charge in [-0.1, -0.05) is 24.3 Å². The Morgan fingerprint density at radius 2 is 2.00 bits per heavy atom. The lowest BCUT2D eigenvalue weighted by molar-refractivity contribution is 0.0601. The highest BCUT2D eigenvalue weighted by atomic mass is 16.5. The molecule has 80 valence electrons. The maximum atomic E-state index is 11.1. The van der Waals surface area contributed by atoms with Gasteiger partial charge in [-0.15, -0.1) is 0 Å². The Hall–Kier alpha value is -1.61. The van der Waals surface area contributed by atoms with Crippen LogP contribution in [-0.2, 0) is 4.74 Å². The molecule has 0 aromatic heterocycles. The zero-order valence-corrected chi connectivity index (χ0v) is 8.94. The number of nitrogens with two attached hydrogens (primary N) is 1. The van der Waals surface area contributed by atoms with E-state index in [-0.39, 0.29) is 12.0 Å². The molecule has 0 heterocycles. The summed E-state index contributed by atoms with van der Waals surface area (Å²) in [5.41, 5.74) is 7.14. The second-order valence-corrected chi connectivity index (χ2v) is 3.33. The molecule has 1 atom stereocenters. The number of esters is 1. The Morgan fingerprint density at radius 1 is 1.40 bits per heavy atom. The van der Waals surface area contributed by atoms with E-state index in [0.717, 1.165) is 5.56 Å².